The Bertz CT molecular complexity index is 914. The Hall–Kier alpha value is -3.21. The summed E-state index contributed by atoms with van der Waals surface area (Å²) < 4.78 is 5.66. The number of aryl methyl sites for hydroxylation is 1. The van der Waals surface area contributed by atoms with Gasteiger partial charge in [0, 0.05) is 18.1 Å². The largest absolute Gasteiger partial charge is 0.424 e. The third-order valence-electron chi connectivity index (χ3n) is 4.86. The number of hydrogen-bond donors (Lipinski definition) is 1. The fraction of sp³-hybridized carbons (Fsp3) is 0.261. The summed E-state index contributed by atoms with van der Waals surface area (Å²) in [6.45, 7) is 6.16. The molecule has 2 aromatic carbocycles. The van der Waals surface area contributed by atoms with E-state index in [1.54, 1.807) is 24.5 Å². The molecule has 1 amide bonds. The number of anilines is 1. The van der Waals surface area contributed by atoms with Crippen LogP contribution in [0.2, 0.25) is 0 Å². The lowest BCUT2D eigenvalue weighted by Gasteiger charge is -2.23. The van der Waals surface area contributed by atoms with Gasteiger partial charge in [0.1, 0.15) is 5.75 Å². The smallest absolute Gasteiger partial charge is 0.321 e. The van der Waals surface area contributed by atoms with Crippen LogP contribution >= 0.6 is 0 Å². The van der Waals surface area contributed by atoms with Crippen molar-refractivity contribution >= 4 is 11.6 Å². The minimum absolute atomic E-state index is 0.00344. The van der Waals surface area contributed by atoms with Crippen LogP contribution in [0.25, 0.3) is 0 Å². The number of hydrogen-bond acceptors (Lipinski definition) is 4. The number of nitrogens with one attached hydrogen (secondary N) is 1. The minimum atomic E-state index is -0.195. The van der Waals surface area contributed by atoms with Gasteiger partial charge in [0.2, 0.25) is 5.91 Å². The first-order valence-corrected chi connectivity index (χ1v) is 9.49. The van der Waals surface area contributed by atoms with E-state index in [0.717, 1.165) is 23.2 Å². The van der Waals surface area contributed by atoms with E-state index in [4.69, 9.17) is 4.74 Å². The van der Waals surface area contributed by atoms with Crippen LogP contribution in [0.3, 0.4) is 0 Å². The molecular weight excluding hydrogens is 350 g/mol. The van der Waals surface area contributed by atoms with Gasteiger partial charge in [0.05, 0.1) is 5.92 Å². The Morgan fingerprint density at radius 2 is 1.79 bits per heavy atom. The molecular formula is C23H25N3O2. The van der Waals surface area contributed by atoms with E-state index in [1.807, 2.05) is 49.4 Å². The molecule has 3 aromatic rings. The topological polar surface area (TPSA) is 64.1 Å². The highest BCUT2D eigenvalue weighted by Crippen LogP contribution is 2.30. The molecule has 0 saturated heterocycles. The van der Waals surface area contributed by atoms with Gasteiger partial charge < -0.3 is 10.1 Å². The number of nitrogens with zero attached hydrogens (tertiary/aromatic N) is 2. The monoisotopic (exact) mass is 375 g/mol. The lowest BCUT2D eigenvalue weighted by Crippen LogP contribution is -2.26. The molecule has 0 bridgehead atoms. The van der Waals surface area contributed by atoms with Crippen molar-refractivity contribution in [1.82, 2.24) is 9.97 Å². The van der Waals surface area contributed by atoms with Crippen LogP contribution in [0.1, 0.15) is 37.3 Å². The number of aromatic nitrogens is 2. The SMILES string of the molecule is CC[C@@H](C)[C@H](C(=O)Nc1ccc(Oc2ncccn2)cc1C)c1ccccc1. The number of carbonyl (C=O) groups is 1. The van der Waals surface area contributed by atoms with Crippen molar-refractivity contribution < 1.29 is 9.53 Å². The van der Waals surface area contributed by atoms with E-state index in [-0.39, 0.29) is 17.7 Å². The summed E-state index contributed by atoms with van der Waals surface area (Å²) in [5.41, 5.74) is 2.72. The summed E-state index contributed by atoms with van der Waals surface area (Å²) in [5, 5.41) is 3.09. The Morgan fingerprint density at radius 1 is 1.07 bits per heavy atom. The summed E-state index contributed by atoms with van der Waals surface area (Å²) in [7, 11) is 0. The zero-order valence-corrected chi connectivity index (χ0v) is 16.4. The Balaban J connectivity index is 1.77. The molecule has 2 atom stereocenters. The highest BCUT2D eigenvalue weighted by molar-refractivity contribution is 5.96. The van der Waals surface area contributed by atoms with E-state index in [0.29, 0.717) is 11.8 Å². The first kappa shape index (κ1) is 19.5. The standard InChI is InChI=1S/C23H25N3O2/c1-4-16(2)21(18-9-6-5-7-10-18)22(27)26-20-12-11-19(15-17(20)3)28-23-24-13-8-14-25-23/h5-16,21H,4H2,1-3H3,(H,26,27)/t16-,21+/m1/s1. The van der Waals surface area contributed by atoms with Crippen LogP contribution in [0.5, 0.6) is 11.8 Å². The van der Waals surface area contributed by atoms with Gasteiger partial charge in [-0.15, -0.1) is 0 Å². The van der Waals surface area contributed by atoms with Crippen LogP contribution in [-0.4, -0.2) is 15.9 Å². The second kappa shape index (κ2) is 9.13. The lowest BCUT2D eigenvalue weighted by atomic mass is 9.85. The first-order valence-electron chi connectivity index (χ1n) is 9.49. The van der Waals surface area contributed by atoms with E-state index in [9.17, 15) is 4.79 Å². The minimum Gasteiger partial charge on any atom is -0.424 e. The van der Waals surface area contributed by atoms with Gasteiger partial charge >= 0.3 is 6.01 Å². The number of carbonyl (C=O) groups excluding carboxylic acids is 1. The molecule has 0 aliphatic rings. The molecule has 0 saturated carbocycles. The van der Waals surface area contributed by atoms with Gasteiger partial charge in [0.25, 0.3) is 0 Å². The van der Waals surface area contributed by atoms with Gasteiger partial charge in [-0.1, -0.05) is 50.6 Å². The van der Waals surface area contributed by atoms with Crippen molar-refractivity contribution in [2.24, 2.45) is 5.92 Å². The Labute approximate surface area is 165 Å². The van der Waals surface area contributed by atoms with Gasteiger partial charge in [-0.25, -0.2) is 9.97 Å². The van der Waals surface area contributed by atoms with Crippen molar-refractivity contribution in [2.75, 3.05) is 5.32 Å². The number of rotatable bonds is 7. The molecule has 28 heavy (non-hydrogen) atoms. The average Bonchev–Trinajstić information content (AvgIpc) is 2.71. The van der Waals surface area contributed by atoms with Crippen LogP contribution in [-0.2, 0) is 4.79 Å². The molecule has 5 nitrogen and oxygen atoms in total. The predicted octanol–water partition coefficient (Wildman–Crippen LogP) is 5.35. The molecule has 144 valence electrons. The molecule has 0 aliphatic carbocycles. The maximum absolute atomic E-state index is 13.1. The summed E-state index contributed by atoms with van der Waals surface area (Å²) in [6.07, 6.45) is 4.18. The van der Waals surface area contributed by atoms with Crippen molar-refractivity contribution in [3.05, 3.63) is 78.1 Å². The van der Waals surface area contributed by atoms with Crippen molar-refractivity contribution in [1.29, 1.82) is 0 Å². The quantitative estimate of drug-likeness (QED) is 0.605. The fourth-order valence-electron chi connectivity index (χ4n) is 3.13. The molecule has 5 heteroatoms. The molecule has 1 aromatic heterocycles. The zero-order valence-electron chi connectivity index (χ0n) is 16.4. The van der Waals surface area contributed by atoms with Crippen LogP contribution in [0.15, 0.2) is 67.0 Å². The van der Waals surface area contributed by atoms with E-state index < -0.39 is 0 Å². The molecule has 0 radical (unpaired) electrons. The van der Waals surface area contributed by atoms with Crippen LogP contribution in [0.4, 0.5) is 5.69 Å². The Kier molecular flexibility index (Phi) is 6.37. The van der Waals surface area contributed by atoms with Gasteiger partial charge in [-0.2, -0.15) is 0 Å². The summed E-state index contributed by atoms with van der Waals surface area (Å²) in [5.74, 6) is 0.673. The molecule has 0 unspecified atom stereocenters. The number of benzene rings is 2. The van der Waals surface area contributed by atoms with E-state index in [2.05, 4.69) is 29.1 Å². The van der Waals surface area contributed by atoms with Gasteiger partial charge in [-0.3, -0.25) is 4.79 Å². The average molecular weight is 375 g/mol. The van der Waals surface area contributed by atoms with Gasteiger partial charge in [-0.05, 0) is 48.2 Å². The maximum Gasteiger partial charge on any atom is 0.321 e. The van der Waals surface area contributed by atoms with Crippen molar-refractivity contribution in [3.63, 3.8) is 0 Å². The second-order valence-electron chi connectivity index (χ2n) is 6.87. The van der Waals surface area contributed by atoms with Crippen molar-refractivity contribution in [2.45, 2.75) is 33.1 Å². The predicted molar refractivity (Wildman–Crippen MR) is 111 cm³/mol. The highest BCUT2D eigenvalue weighted by atomic mass is 16.5. The summed E-state index contributed by atoms with van der Waals surface area (Å²) in [6, 6.07) is 17.5. The van der Waals surface area contributed by atoms with Crippen LogP contribution in [0, 0.1) is 12.8 Å². The molecule has 0 aliphatic heterocycles. The third-order valence-corrected chi connectivity index (χ3v) is 4.86. The third kappa shape index (κ3) is 4.74. The highest BCUT2D eigenvalue weighted by Gasteiger charge is 2.26. The molecule has 0 fully saturated rings. The molecule has 1 N–H and O–H groups in total. The molecule has 3 rings (SSSR count). The molecule has 0 spiro atoms. The summed E-state index contributed by atoms with van der Waals surface area (Å²) in [4.78, 5) is 21.2. The van der Waals surface area contributed by atoms with E-state index in [1.165, 1.54) is 0 Å². The van der Waals surface area contributed by atoms with Gasteiger partial charge in [0.15, 0.2) is 0 Å². The maximum atomic E-state index is 13.1. The number of amides is 1. The zero-order chi connectivity index (χ0) is 19.9. The summed E-state index contributed by atoms with van der Waals surface area (Å²) >= 11 is 0. The first-order chi connectivity index (χ1) is 13.6. The fourth-order valence-corrected chi connectivity index (χ4v) is 3.13. The normalized spacial score (nSPS) is 12.8. The van der Waals surface area contributed by atoms with E-state index >= 15 is 0 Å². The van der Waals surface area contributed by atoms with Crippen molar-refractivity contribution in [3.8, 4) is 11.8 Å². The van der Waals surface area contributed by atoms with Crippen LogP contribution < -0.4 is 10.1 Å². The lowest BCUT2D eigenvalue weighted by molar-refractivity contribution is -0.118. The molecule has 1 heterocycles. The second-order valence-corrected chi connectivity index (χ2v) is 6.87. The Morgan fingerprint density at radius 3 is 2.43 bits per heavy atom. The number of ether oxygens (including phenoxy) is 1.